The third-order valence-electron chi connectivity index (χ3n) is 5.46. The zero-order valence-corrected chi connectivity index (χ0v) is 17.1. The van der Waals surface area contributed by atoms with Gasteiger partial charge in [-0.1, -0.05) is 36.7 Å². The fraction of sp³-hybridized carbons (Fsp3) is 0.600. The summed E-state index contributed by atoms with van der Waals surface area (Å²) >= 11 is 6.28. The molecule has 2 heterocycles. The summed E-state index contributed by atoms with van der Waals surface area (Å²) in [6.07, 6.45) is 2.60. The predicted octanol–water partition coefficient (Wildman–Crippen LogP) is 2.10. The van der Waals surface area contributed by atoms with Crippen molar-refractivity contribution in [1.82, 2.24) is 14.7 Å². The Bertz CT molecular complexity index is 630. The Morgan fingerprint density at radius 1 is 0.964 bits per heavy atom. The Morgan fingerprint density at radius 2 is 1.54 bits per heavy atom. The molecule has 0 aromatic heterocycles. The maximum absolute atomic E-state index is 9.10. The van der Waals surface area contributed by atoms with Crippen molar-refractivity contribution in [3.05, 3.63) is 34.9 Å². The zero-order chi connectivity index (χ0) is 20.5. The number of nitrogens with zero attached hydrogens (tertiary/aromatic N) is 3. The van der Waals surface area contributed by atoms with E-state index in [0.717, 1.165) is 17.6 Å². The Morgan fingerprint density at radius 3 is 2.04 bits per heavy atom. The molecule has 1 aromatic rings. The molecule has 0 aliphatic carbocycles. The van der Waals surface area contributed by atoms with E-state index in [1.807, 2.05) is 12.1 Å². The van der Waals surface area contributed by atoms with Crippen molar-refractivity contribution in [1.29, 1.82) is 0 Å². The first-order chi connectivity index (χ1) is 13.4. The molecule has 0 spiro atoms. The van der Waals surface area contributed by atoms with E-state index in [1.165, 1.54) is 64.2 Å². The lowest BCUT2D eigenvalue weighted by Crippen LogP contribution is -2.53. The van der Waals surface area contributed by atoms with Gasteiger partial charge in [0.05, 0.1) is 0 Å². The van der Waals surface area contributed by atoms with Gasteiger partial charge in [-0.15, -0.1) is 0 Å². The molecule has 1 aromatic carbocycles. The monoisotopic (exact) mass is 411 g/mol. The van der Waals surface area contributed by atoms with Crippen molar-refractivity contribution in [3.63, 3.8) is 0 Å². The predicted molar refractivity (Wildman–Crippen MR) is 109 cm³/mol. The molecule has 0 unspecified atom stereocenters. The maximum Gasteiger partial charge on any atom is 0.414 e. The van der Waals surface area contributed by atoms with Crippen molar-refractivity contribution >= 4 is 23.5 Å². The summed E-state index contributed by atoms with van der Waals surface area (Å²) in [5.74, 6) is -3.65. The number of carbonyl (C=O) groups is 2. The van der Waals surface area contributed by atoms with Gasteiger partial charge in [-0.05, 0) is 44.1 Å². The Hall–Kier alpha value is -1.67. The highest BCUT2D eigenvalue weighted by Gasteiger charge is 2.27. The molecule has 2 aliphatic rings. The van der Waals surface area contributed by atoms with E-state index in [-0.39, 0.29) is 0 Å². The van der Waals surface area contributed by atoms with E-state index in [9.17, 15) is 0 Å². The molecule has 0 radical (unpaired) electrons. The van der Waals surface area contributed by atoms with E-state index in [4.69, 9.17) is 31.4 Å². The van der Waals surface area contributed by atoms with Gasteiger partial charge in [0.2, 0.25) is 0 Å². The minimum Gasteiger partial charge on any atom is -0.473 e. The molecule has 156 valence electrons. The van der Waals surface area contributed by atoms with Gasteiger partial charge in [0.1, 0.15) is 0 Å². The number of carboxylic acid groups (broad SMARTS) is 2. The standard InChI is InChI=1S/C18H28ClN3.C2H2O4/c1-2-20-11-13-22(14-12-20)17-7-9-21(10-8-17)15-16-5-3-4-6-18(16)19;3-1(4)2(5)6/h3-6,17H,2,7-15H2,1H3;(H,3,4)(H,5,6). The summed E-state index contributed by atoms with van der Waals surface area (Å²) < 4.78 is 0. The summed E-state index contributed by atoms with van der Waals surface area (Å²) in [6, 6.07) is 9.03. The smallest absolute Gasteiger partial charge is 0.414 e. The fourth-order valence-corrected chi connectivity index (χ4v) is 3.95. The second kappa shape index (κ2) is 11.4. The van der Waals surface area contributed by atoms with Gasteiger partial charge in [0.15, 0.2) is 0 Å². The summed E-state index contributed by atoms with van der Waals surface area (Å²) in [4.78, 5) is 26.0. The van der Waals surface area contributed by atoms with Crippen LogP contribution in [0.3, 0.4) is 0 Å². The maximum atomic E-state index is 9.10. The van der Waals surface area contributed by atoms with Crippen molar-refractivity contribution in [2.45, 2.75) is 32.4 Å². The normalized spacial score (nSPS) is 19.6. The molecule has 0 bridgehead atoms. The fourth-order valence-electron chi connectivity index (χ4n) is 3.75. The molecule has 2 aliphatic heterocycles. The lowest BCUT2D eigenvalue weighted by atomic mass is 10.0. The number of halogens is 1. The lowest BCUT2D eigenvalue weighted by molar-refractivity contribution is -0.159. The minimum absolute atomic E-state index is 0.793. The highest BCUT2D eigenvalue weighted by molar-refractivity contribution is 6.31. The summed E-state index contributed by atoms with van der Waals surface area (Å²) in [7, 11) is 0. The SMILES string of the molecule is CCN1CCN(C2CCN(Cc3ccccc3Cl)CC2)CC1.O=C(O)C(=O)O. The Balaban J connectivity index is 0.000000409. The number of likely N-dealkylation sites (N-methyl/N-ethyl adjacent to an activating group) is 1. The number of piperidine rings is 1. The van der Waals surface area contributed by atoms with Crippen LogP contribution in [-0.4, -0.2) is 88.7 Å². The summed E-state index contributed by atoms with van der Waals surface area (Å²) in [6.45, 7) is 11.9. The number of carboxylic acids is 2. The minimum atomic E-state index is -1.82. The highest BCUT2D eigenvalue weighted by Crippen LogP contribution is 2.22. The molecule has 2 N–H and O–H groups in total. The summed E-state index contributed by atoms with van der Waals surface area (Å²) in [5, 5.41) is 15.7. The average Bonchev–Trinajstić information content (AvgIpc) is 2.71. The van der Waals surface area contributed by atoms with Crippen molar-refractivity contribution in [3.8, 4) is 0 Å². The Labute approximate surface area is 171 Å². The zero-order valence-electron chi connectivity index (χ0n) is 16.4. The molecular weight excluding hydrogens is 382 g/mol. The second-order valence-corrected chi connectivity index (χ2v) is 7.59. The molecule has 0 amide bonds. The van der Waals surface area contributed by atoms with E-state index >= 15 is 0 Å². The van der Waals surface area contributed by atoms with E-state index in [2.05, 4.69) is 33.8 Å². The van der Waals surface area contributed by atoms with Gasteiger partial charge in [0.25, 0.3) is 0 Å². The molecular formula is C20H30ClN3O4. The van der Waals surface area contributed by atoms with Gasteiger partial charge < -0.3 is 15.1 Å². The van der Waals surface area contributed by atoms with Crippen LogP contribution in [0.2, 0.25) is 5.02 Å². The van der Waals surface area contributed by atoms with Gasteiger partial charge in [-0.2, -0.15) is 0 Å². The van der Waals surface area contributed by atoms with E-state index in [0.29, 0.717) is 0 Å². The molecule has 7 nitrogen and oxygen atoms in total. The topological polar surface area (TPSA) is 84.3 Å². The number of rotatable bonds is 4. The van der Waals surface area contributed by atoms with Crippen LogP contribution in [0.4, 0.5) is 0 Å². The van der Waals surface area contributed by atoms with Crippen LogP contribution in [-0.2, 0) is 16.1 Å². The average molecular weight is 412 g/mol. The lowest BCUT2D eigenvalue weighted by Gasteiger charge is -2.42. The molecule has 0 saturated carbocycles. The van der Waals surface area contributed by atoms with Crippen molar-refractivity contribution in [2.24, 2.45) is 0 Å². The molecule has 3 rings (SSSR count). The van der Waals surface area contributed by atoms with Crippen LogP contribution in [0, 0.1) is 0 Å². The van der Waals surface area contributed by atoms with Crippen LogP contribution in [0.15, 0.2) is 24.3 Å². The first-order valence-electron chi connectivity index (χ1n) is 9.79. The number of hydrogen-bond donors (Lipinski definition) is 2. The number of hydrogen-bond acceptors (Lipinski definition) is 5. The molecule has 0 atom stereocenters. The quantitative estimate of drug-likeness (QED) is 0.734. The first kappa shape index (κ1) is 22.6. The van der Waals surface area contributed by atoms with E-state index < -0.39 is 11.9 Å². The third kappa shape index (κ3) is 7.05. The van der Waals surface area contributed by atoms with Crippen molar-refractivity contribution in [2.75, 3.05) is 45.8 Å². The third-order valence-corrected chi connectivity index (χ3v) is 5.83. The van der Waals surface area contributed by atoms with Gasteiger partial charge >= 0.3 is 11.9 Å². The number of likely N-dealkylation sites (tertiary alicyclic amines) is 1. The molecule has 28 heavy (non-hydrogen) atoms. The molecule has 2 fully saturated rings. The van der Waals surface area contributed by atoms with Crippen LogP contribution >= 0.6 is 11.6 Å². The van der Waals surface area contributed by atoms with Gasteiger partial charge in [0, 0.05) is 43.8 Å². The number of piperazine rings is 1. The number of aliphatic carboxylic acids is 2. The Kier molecular flexibility index (Phi) is 9.18. The molecule has 8 heteroatoms. The van der Waals surface area contributed by atoms with Crippen LogP contribution in [0.25, 0.3) is 0 Å². The first-order valence-corrected chi connectivity index (χ1v) is 10.2. The summed E-state index contributed by atoms with van der Waals surface area (Å²) in [5.41, 5.74) is 1.26. The van der Waals surface area contributed by atoms with Crippen LogP contribution in [0.1, 0.15) is 25.3 Å². The molecule has 2 saturated heterocycles. The van der Waals surface area contributed by atoms with Crippen LogP contribution < -0.4 is 0 Å². The second-order valence-electron chi connectivity index (χ2n) is 7.18. The highest BCUT2D eigenvalue weighted by atomic mass is 35.5. The van der Waals surface area contributed by atoms with Crippen molar-refractivity contribution < 1.29 is 19.8 Å². The number of benzene rings is 1. The van der Waals surface area contributed by atoms with E-state index in [1.54, 1.807) is 0 Å². The van der Waals surface area contributed by atoms with Gasteiger partial charge in [-0.3, -0.25) is 9.80 Å². The van der Waals surface area contributed by atoms with Crippen LogP contribution in [0.5, 0.6) is 0 Å². The largest absolute Gasteiger partial charge is 0.473 e. The van der Waals surface area contributed by atoms with Gasteiger partial charge in [-0.25, -0.2) is 9.59 Å².